The Morgan fingerprint density at radius 3 is 2.68 bits per heavy atom. The molecule has 0 saturated carbocycles. The monoisotopic (exact) mass is 426 g/mol. The maximum Gasteiger partial charge on any atom is 0.293 e. The van der Waals surface area contributed by atoms with Crippen LogP contribution in [0.25, 0.3) is 22.3 Å². The van der Waals surface area contributed by atoms with Crippen LogP contribution in [0.3, 0.4) is 0 Å². The van der Waals surface area contributed by atoms with Crippen LogP contribution in [0.15, 0.2) is 35.4 Å². The van der Waals surface area contributed by atoms with Crippen LogP contribution < -0.4 is 15.6 Å². The molecule has 0 radical (unpaired) electrons. The van der Waals surface area contributed by atoms with Crippen LogP contribution in [-0.4, -0.2) is 71.9 Å². The van der Waals surface area contributed by atoms with Gasteiger partial charge in [-0.3, -0.25) is 9.78 Å². The molecule has 9 heteroatoms. The number of anilines is 1. The first-order valence-corrected chi connectivity index (χ1v) is 10.4. The molecule has 0 aliphatic carbocycles. The minimum Gasteiger partial charge on any atom is -0.481 e. The second-order valence-electron chi connectivity index (χ2n) is 7.41. The predicted molar refractivity (Wildman–Crippen MR) is 122 cm³/mol. The molecular weight excluding hydrogens is 396 g/mol. The highest BCUT2D eigenvalue weighted by Crippen LogP contribution is 2.22. The second-order valence-corrected chi connectivity index (χ2v) is 7.41. The quantitative estimate of drug-likeness (QED) is 0.467. The number of nitrogens with one attached hydrogen (secondary N) is 1. The standard InChI is InChI=1S/C22H30N6O3/c1-5-11-31-12-10-28-19-13-17(16-6-7-20(30-4)25-14-16)24-15-18(19)26-21(22(28)29)23-8-9-27(2)3/h6-7,13-15H,5,8-12H2,1-4H3,(H,23,26). The number of hydrogen-bond acceptors (Lipinski definition) is 8. The Balaban J connectivity index is 1.99. The first-order valence-electron chi connectivity index (χ1n) is 10.4. The zero-order chi connectivity index (χ0) is 22.2. The van der Waals surface area contributed by atoms with Gasteiger partial charge in [-0.05, 0) is 32.6 Å². The van der Waals surface area contributed by atoms with E-state index in [9.17, 15) is 4.79 Å². The van der Waals surface area contributed by atoms with Crippen molar-refractivity contribution in [1.29, 1.82) is 0 Å². The zero-order valence-electron chi connectivity index (χ0n) is 18.6. The van der Waals surface area contributed by atoms with Crippen molar-refractivity contribution in [3.05, 3.63) is 40.9 Å². The van der Waals surface area contributed by atoms with Gasteiger partial charge in [-0.1, -0.05) is 6.92 Å². The number of ether oxygens (including phenoxy) is 2. The molecule has 0 unspecified atom stereocenters. The maximum absolute atomic E-state index is 13.2. The predicted octanol–water partition coefficient (Wildman–Crippen LogP) is 2.26. The van der Waals surface area contributed by atoms with E-state index >= 15 is 0 Å². The number of aromatic nitrogens is 4. The Bertz CT molecular complexity index is 1050. The highest BCUT2D eigenvalue weighted by Gasteiger charge is 2.13. The fourth-order valence-corrected chi connectivity index (χ4v) is 3.09. The summed E-state index contributed by atoms with van der Waals surface area (Å²) in [7, 11) is 5.54. The minimum absolute atomic E-state index is 0.170. The third-order valence-electron chi connectivity index (χ3n) is 4.73. The maximum atomic E-state index is 13.2. The molecule has 31 heavy (non-hydrogen) atoms. The van der Waals surface area contributed by atoms with Crippen LogP contribution in [-0.2, 0) is 11.3 Å². The van der Waals surface area contributed by atoms with Crippen molar-refractivity contribution in [3.8, 4) is 17.1 Å². The van der Waals surface area contributed by atoms with E-state index in [0.29, 0.717) is 54.7 Å². The van der Waals surface area contributed by atoms with Crippen LogP contribution in [0.5, 0.6) is 5.88 Å². The molecule has 3 aromatic rings. The molecule has 0 aromatic carbocycles. The summed E-state index contributed by atoms with van der Waals surface area (Å²) >= 11 is 0. The molecule has 0 amide bonds. The normalized spacial score (nSPS) is 11.3. The van der Waals surface area contributed by atoms with E-state index in [-0.39, 0.29) is 5.56 Å². The zero-order valence-corrected chi connectivity index (χ0v) is 18.6. The molecular formula is C22H30N6O3. The van der Waals surface area contributed by atoms with Gasteiger partial charge in [0.1, 0.15) is 5.52 Å². The molecule has 0 aliphatic heterocycles. The molecule has 3 rings (SSSR count). The van der Waals surface area contributed by atoms with Crippen molar-refractivity contribution in [3.63, 3.8) is 0 Å². The topological polar surface area (TPSA) is 94.4 Å². The summed E-state index contributed by atoms with van der Waals surface area (Å²) in [6, 6.07) is 5.54. The van der Waals surface area contributed by atoms with Crippen molar-refractivity contribution in [2.24, 2.45) is 0 Å². The summed E-state index contributed by atoms with van der Waals surface area (Å²) in [6.45, 7) is 5.02. The lowest BCUT2D eigenvalue weighted by Crippen LogP contribution is -2.29. The summed E-state index contributed by atoms with van der Waals surface area (Å²) in [5.41, 5.74) is 2.73. The van der Waals surface area contributed by atoms with Gasteiger partial charge >= 0.3 is 0 Å². The Kier molecular flexibility index (Phi) is 7.91. The third kappa shape index (κ3) is 5.77. The molecule has 0 aliphatic rings. The number of methoxy groups -OCH3 is 1. The number of hydrogen-bond donors (Lipinski definition) is 1. The number of pyridine rings is 2. The van der Waals surface area contributed by atoms with Gasteiger partial charge < -0.3 is 24.3 Å². The molecule has 0 spiro atoms. The first kappa shape index (κ1) is 22.6. The molecule has 0 atom stereocenters. The summed E-state index contributed by atoms with van der Waals surface area (Å²) in [5, 5.41) is 3.16. The lowest BCUT2D eigenvalue weighted by atomic mass is 10.2. The molecule has 0 bridgehead atoms. The van der Waals surface area contributed by atoms with E-state index in [0.717, 1.165) is 18.5 Å². The summed E-state index contributed by atoms with van der Waals surface area (Å²) in [4.78, 5) is 28.5. The van der Waals surface area contributed by atoms with E-state index in [1.807, 2.05) is 31.1 Å². The van der Waals surface area contributed by atoms with Crippen LogP contribution in [0, 0.1) is 0 Å². The van der Waals surface area contributed by atoms with Gasteiger partial charge in [0, 0.05) is 44.1 Å². The molecule has 166 valence electrons. The Morgan fingerprint density at radius 2 is 2.00 bits per heavy atom. The van der Waals surface area contributed by atoms with Crippen molar-refractivity contribution in [2.75, 3.05) is 52.8 Å². The SMILES string of the molecule is CCCOCCn1c(=O)c(NCCN(C)C)nc2cnc(-c3ccc(OC)nc3)cc21. The first-order chi connectivity index (χ1) is 15.0. The number of likely N-dealkylation sites (N-methyl/N-ethyl adjacent to an activating group) is 1. The van der Waals surface area contributed by atoms with Crippen LogP contribution >= 0.6 is 0 Å². The number of nitrogens with zero attached hydrogens (tertiary/aromatic N) is 5. The van der Waals surface area contributed by atoms with Gasteiger partial charge in [-0.25, -0.2) is 9.97 Å². The van der Waals surface area contributed by atoms with Crippen LogP contribution in [0.1, 0.15) is 13.3 Å². The smallest absolute Gasteiger partial charge is 0.293 e. The Morgan fingerprint density at radius 1 is 1.16 bits per heavy atom. The molecule has 3 heterocycles. The molecule has 1 N–H and O–H groups in total. The van der Waals surface area contributed by atoms with Gasteiger partial charge in [0.05, 0.1) is 31.1 Å². The molecule has 3 aromatic heterocycles. The van der Waals surface area contributed by atoms with Gasteiger partial charge in [-0.2, -0.15) is 0 Å². The van der Waals surface area contributed by atoms with Crippen molar-refractivity contribution >= 4 is 16.9 Å². The molecule has 0 fully saturated rings. The highest BCUT2D eigenvalue weighted by molar-refractivity contribution is 5.80. The Hall–Kier alpha value is -3.04. The van der Waals surface area contributed by atoms with E-state index < -0.39 is 0 Å². The fraction of sp³-hybridized carbons (Fsp3) is 0.455. The number of fused-ring (bicyclic) bond motifs is 1. The van der Waals surface area contributed by atoms with E-state index in [2.05, 4.69) is 27.2 Å². The van der Waals surface area contributed by atoms with E-state index in [1.54, 1.807) is 30.1 Å². The summed E-state index contributed by atoms with van der Waals surface area (Å²) in [5.74, 6) is 0.857. The number of rotatable bonds is 11. The largest absolute Gasteiger partial charge is 0.481 e. The minimum atomic E-state index is -0.170. The van der Waals surface area contributed by atoms with Crippen molar-refractivity contribution in [1.82, 2.24) is 24.4 Å². The lowest BCUT2D eigenvalue weighted by molar-refractivity contribution is 0.127. The Labute approximate surface area is 182 Å². The van der Waals surface area contributed by atoms with Gasteiger partial charge in [-0.15, -0.1) is 0 Å². The van der Waals surface area contributed by atoms with E-state index in [4.69, 9.17) is 9.47 Å². The lowest BCUT2D eigenvalue weighted by Gasteiger charge is -2.15. The molecule has 9 nitrogen and oxygen atoms in total. The van der Waals surface area contributed by atoms with Crippen molar-refractivity contribution < 1.29 is 9.47 Å². The van der Waals surface area contributed by atoms with Gasteiger partial charge in [0.25, 0.3) is 5.56 Å². The highest BCUT2D eigenvalue weighted by atomic mass is 16.5. The second kappa shape index (κ2) is 10.8. The van der Waals surface area contributed by atoms with Crippen molar-refractivity contribution in [2.45, 2.75) is 19.9 Å². The van der Waals surface area contributed by atoms with Gasteiger partial charge in [0.15, 0.2) is 5.82 Å². The average molecular weight is 427 g/mol. The molecule has 0 saturated heterocycles. The van der Waals surface area contributed by atoms with Crippen LogP contribution in [0.2, 0.25) is 0 Å². The fourth-order valence-electron chi connectivity index (χ4n) is 3.09. The van der Waals surface area contributed by atoms with E-state index in [1.165, 1.54) is 0 Å². The van der Waals surface area contributed by atoms with Gasteiger partial charge in [0.2, 0.25) is 5.88 Å². The van der Waals surface area contributed by atoms with Crippen LogP contribution in [0.4, 0.5) is 5.82 Å². The third-order valence-corrected chi connectivity index (χ3v) is 4.73. The average Bonchev–Trinajstić information content (AvgIpc) is 2.78. The summed E-state index contributed by atoms with van der Waals surface area (Å²) in [6.07, 6.45) is 4.32. The summed E-state index contributed by atoms with van der Waals surface area (Å²) < 4.78 is 12.5.